The summed E-state index contributed by atoms with van der Waals surface area (Å²) >= 11 is 0. The first-order valence-electron chi connectivity index (χ1n) is 6.89. The lowest BCUT2D eigenvalue weighted by Crippen LogP contribution is -2.12. The zero-order valence-corrected chi connectivity index (χ0v) is 12.3. The molecule has 1 aromatic heterocycles. The molecule has 0 fully saturated rings. The molecule has 0 saturated carbocycles. The SMILES string of the molecule is CC(C)Cn1ncnc1COc1ccccc1C#CCO. The molecular formula is C16H19N3O2. The van der Waals surface area contributed by atoms with Crippen molar-refractivity contribution in [3.05, 3.63) is 42.0 Å². The van der Waals surface area contributed by atoms with Crippen LogP contribution in [0.5, 0.6) is 5.75 Å². The first kappa shape index (κ1) is 15.1. The molecule has 2 rings (SSSR count). The molecule has 1 aromatic carbocycles. The molecule has 21 heavy (non-hydrogen) atoms. The monoisotopic (exact) mass is 285 g/mol. The van der Waals surface area contributed by atoms with Crippen LogP contribution in [0.25, 0.3) is 0 Å². The highest BCUT2D eigenvalue weighted by Gasteiger charge is 2.08. The zero-order chi connectivity index (χ0) is 15.1. The second-order valence-electron chi connectivity index (χ2n) is 5.00. The molecule has 5 heteroatoms. The summed E-state index contributed by atoms with van der Waals surface area (Å²) in [6, 6.07) is 7.48. The van der Waals surface area contributed by atoms with E-state index in [0.717, 1.165) is 17.9 Å². The Kier molecular flexibility index (Phi) is 5.35. The minimum atomic E-state index is -0.170. The Bertz CT molecular complexity index is 638. The van der Waals surface area contributed by atoms with Gasteiger partial charge in [-0.3, -0.25) is 0 Å². The average Bonchev–Trinajstić information content (AvgIpc) is 2.90. The number of aromatic nitrogens is 3. The molecule has 1 heterocycles. The first-order chi connectivity index (χ1) is 10.2. The lowest BCUT2D eigenvalue weighted by atomic mass is 10.2. The summed E-state index contributed by atoms with van der Waals surface area (Å²) in [6.45, 7) is 5.24. The minimum absolute atomic E-state index is 0.170. The molecule has 0 atom stereocenters. The van der Waals surface area contributed by atoms with Crippen molar-refractivity contribution in [2.75, 3.05) is 6.61 Å². The van der Waals surface area contributed by atoms with Crippen molar-refractivity contribution in [3.8, 4) is 17.6 Å². The van der Waals surface area contributed by atoms with Crippen LogP contribution < -0.4 is 4.74 Å². The maximum Gasteiger partial charge on any atom is 0.164 e. The van der Waals surface area contributed by atoms with Gasteiger partial charge in [-0.05, 0) is 18.1 Å². The van der Waals surface area contributed by atoms with Crippen LogP contribution in [0.15, 0.2) is 30.6 Å². The normalized spacial score (nSPS) is 10.3. The summed E-state index contributed by atoms with van der Waals surface area (Å²) in [4.78, 5) is 4.23. The smallest absolute Gasteiger partial charge is 0.164 e. The maximum absolute atomic E-state index is 8.78. The van der Waals surface area contributed by atoms with Crippen molar-refractivity contribution in [2.24, 2.45) is 5.92 Å². The Balaban J connectivity index is 2.08. The van der Waals surface area contributed by atoms with Gasteiger partial charge in [-0.1, -0.05) is 37.8 Å². The average molecular weight is 285 g/mol. The fourth-order valence-corrected chi connectivity index (χ4v) is 1.87. The molecule has 0 amide bonds. The maximum atomic E-state index is 8.78. The first-order valence-corrected chi connectivity index (χ1v) is 6.89. The molecule has 110 valence electrons. The van der Waals surface area contributed by atoms with E-state index in [4.69, 9.17) is 9.84 Å². The van der Waals surface area contributed by atoms with E-state index in [1.807, 2.05) is 28.9 Å². The van der Waals surface area contributed by atoms with Crippen LogP contribution in [0.4, 0.5) is 0 Å². The van der Waals surface area contributed by atoms with E-state index in [0.29, 0.717) is 18.3 Å². The van der Waals surface area contributed by atoms with Crippen LogP contribution in [-0.2, 0) is 13.2 Å². The van der Waals surface area contributed by atoms with Gasteiger partial charge >= 0.3 is 0 Å². The number of rotatable bonds is 5. The van der Waals surface area contributed by atoms with Crippen molar-refractivity contribution < 1.29 is 9.84 Å². The van der Waals surface area contributed by atoms with Crippen LogP contribution in [0.2, 0.25) is 0 Å². The number of aliphatic hydroxyl groups is 1. The fraction of sp³-hybridized carbons (Fsp3) is 0.375. The van der Waals surface area contributed by atoms with E-state index < -0.39 is 0 Å². The molecule has 0 spiro atoms. The van der Waals surface area contributed by atoms with Crippen LogP contribution in [0.1, 0.15) is 25.2 Å². The van der Waals surface area contributed by atoms with Gasteiger partial charge in [0.2, 0.25) is 0 Å². The topological polar surface area (TPSA) is 60.2 Å². The Labute approximate surface area is 124 Å². The summed E-state index contributed by atoms with van der Waals surface area (Å²) < 4.78 is 7.65. The van der Waals surface area contributed by atoms with Gasteiger partial charge in [0.25, 0.3) is 0 Å². The highest BCUT2D eigenvalue weighted by Crippen LogP contribution is 2.18. The molecule has 1 N–H and O–H groups in total. The van der Waals surface area contributed by atoms with Gasteiger partial charge < -0.3 is 9.84 Å². The standard InChI is InChI=1S/C16H19N3O2/c1-13(2)10-19-16(17-12-18-19)11-21-15-8-4-3-6-14(15)7-5-9-20/h3-4,6,8,12-13,20H,9-11H2,1-2H3. The molecule has 5 nitrogen and oxygen atoms in total. The van der Waals surface area contributed by atoms with Crippen LogP contribution in [0.3, 0.4) is 0 Å². The summed E-state index contributed by atoms with van der Waals surface area (Å²) in [7, 11) is 0. The van der Waals surface area contributed by atoms with Crippen LogP contribution >= 0.6 is 0 Å². The highest BCUT2D eigenvalue weighted by atomic mass is 16.5. The Morgan fingerprint density at radius 3 is 2.90 bits per heavy atom. The number of benzene rings is 1. The molecular weight excluding hydrogens is 266 g/mol. The molecule has 2 aromatic rings. The minimum Gasteiger partial charge on any atom is -0.484 e. The van der Waals surface area contributed by atoms with E-state index in [1.165, 1.54) is 0 Å². The molecule has 0 aliphatic carbocycles. The lowest BCUT2D eigenvalue weighted by molar-refractivity contribution is 0.282. The van der Waals surface area contributed by atoms with Gasteiger partial charge in [0.1, 0.15) is 25.3 Å². The zero-order valence-electron chi connectivity index (χ0n) is 12.3. The Morgan fingerprint density at radius 2 is 2.14 bits per heavy atom. The molecule has 0 saturated heterocycles. The summed E-state index contributed by atoms with van der Waals surface area (Å²) in [6.07, 6.45) is 1.54. The number of hydrogen-bond acceptors (Lipinski definition) is 4. The molecule has 0 aliphatic heterocycles. The lowest BCUT2D eigenvalue weighted by Gasteiger charge is -2.10. The third-order valence-electron chi connectivity index (χ3n) is 2.78. The van der Waals surface area contributed by atoms with E-state index in [-0.39, 0.29) is 6.61 Å². The summed E-state index contributed by atoms with van der Waals surface area (Å²) in [5.74, 6) is 7.46. The highest BCUT2D eigenvalue weighted by molar-refractivity contribution is 5.45. The van der Waals surface area contributed by atoms with Gasteiger partial charge in [-0.15, -0.1) is 0 Å². The van der Waals surface area contributed by atoms with Gasteiger partial charge in [0.05, 0.1) is 5.56 Å². The predicted octanol–water partition coefficient (Wildman–Crippen LogP) is 1.86. The molecule has 0 unspecified atom stereocenters. The number of ether oxygens (including phenoxy) is 1. The van der Waals surface area contributed by atoms with Crippen molar-refractivity contribution in [3.63, 3.8) is 0 Å². The third-order valence-corrected chi connectivity index (χ3v) is 2.78. The van der Waals surface area contributed by atoms with Crippen molar-refractivity contribution in [1.29, 1.82) is 0 Å². The van der Waals surface area contributed by atoms with Crippen molar-refractivity contribution in [1.82, 2.24) is 14.8 Å². The number of nitrogens with zero attached hydrogens (tertiary/aromatic N) is 3. The second kappa shape index (κ2) is 7.46. The largest absolute Gasteiger partial charge is 0.484 e. The van der Waals surface area contributed by atoms with Crippen molar-refractivity contribution >= 4 is 0 Å². The van der Waals surface area contributed by atoms with E-state index >= 15 is 0 Å². The van der Waals surface area contributed by atoms with Crippen LogP contribution in [-0.4, -0.2) is 26.5 Å². The summed E-state index contributed by atoms with van der Waals surface area (Å²) in [5.41, 5.74) is 0.751. The Morgan fingerprint density at radius 1 is 1.33 bits per heavy atom. The van der Waals surface area contributed by atoms with Gasteiger partial charge in [-0.2, -0.15) is 5.10 Å². The fourth-order valence-electron chi connectivity index (χ4n) is 1.87. The van der Waals surface area contributed by atoms with E-state index in [9.17, 15) is 0 Å². The van der Waals surface area contributed by atoms with Crippen LogP contribution in [0, 0.1) is 17.8 Å². The van der Waals surface area contributed by atoms with Crippen molar-refractivity contribution in [2.45, 2.75) is 27.0 Å². The number of hydrogen-bond donors (Lipinski definition) is 1. The number of aliphatic hydroxyl groups excluding tert-OH is 1. The quantitative estimate of drug-likeness (QED) is 0.852. The number of para-hydroxylation sites is 1. The predicted molar refractivity (Wildman–Crippen MR) is 79.6 cm³/mol. The molecule has 0 bridgehead atoms. The van der Waals surface area contributed by atoms with E-state index in [1.54, 1.807) is 6.33 Å². The molecule has 0 radical (unpaired) electrons. The Hall–Kier alpha value is -2.32. The van der Waals surface area contributed by atoms with E-state index in [2.05, 4.69) is 35.8 Å². The summed E-state index contributed by atoms with van der Waals surface area (Å²) in [5, 5.41) is 13.0. The van der Waals surface area contributed by atoms with Gasteiger partial charge in [0, 0.05) is 6.54 Å². The van der Waals surface area contributed by atoms with Gasteiger partial charge in [0.15, 0.2) is 5.82 Å². The second-order valence-corrected chi connectivity index (χ2v) is 5.00. The molecule has 0 aliphatic rings. The van der Waals surface area contributed by atoms with Gasteiger partial charge in [-0.25, -0.2) is 9.67 Å². The third kappa shape index (κ3) is 4.33.